The minimum absolute atomic E-state index is 0.0140. The van der Waals surface area contributed by atoms with Crippen LogP contribution in [0.4, 0.5) is 0 Å². The van der Waals surface area contributed by atoms with Crippen LogP contribution >= 0.6 is 0 Å². The van der Waals surface area contributed by atoms with E-state index in [-0.39, 0.29) is 11.7 Å². The van der Waals surface area contributed by atoms with Crippen LogP contribution in [0.25, 0.3) is 10.8 Å². The summed E-state index contributed by atoms with van der Waals surface area (Å²) in [6, 6.07) is 15.1. The lowest BCUT2D eigenvalue weighted by Crippen LogP contribution is -2.50. The van der Waals surface area contributed by atoms with Crippen molar-refractivity contribution in [2.45, 2.75) is 38.4 Å². The molecule has 2 heteroatoms. The number of fused-ring (bicyclic) bond motifs is 1. The highest BCUT2D eigenvalue weighted by Crippen LogP contribution is 2.34. The quantitative estimate of drug-likeness (QED) is 0.907. The van der Waals surface area contributed by atoms with E-state index in [9.17, 15) is 0 Å². The van der Waals surface area contributed by atoms with Gasteiger partial charge in [0.05, 0.1) is 11.7 Å². The first-order chi connectivity index (χ1) is 9.78. The summed E-state index contributed by atoms with van der Waals surface area (Å²) in [4.78, 5) is 0. The summed E-state index contributed by atoms with van der Waals surface area (Å²) >= 11 is 0. The van der Waals surface area contributed by atoms with Crippen LogP contribution < -0.4 is 5.32 Å². The molecule has 1 heterocycles. The first-order valence-corrected chi connectivity index (χ1v) is 7.64. The Kier molecular flexibility index (Phi) is 3.77. The lowest BCUT2D eigenvalue weighted by Gasteiger charge is -2.41. The standard InChI is InChI=1S/C18H23NO/c1-3-18(4-2)13-19-12-17(20-18)16-11-7-9-14-8-5-6-10-15(14)16/h5-11,17,19H,3-4,12-13H2,1-2H3. The van der Waals surface area contributed by atoms with E-state index in [2.05, 4.69) is 61.6 Å². The minimum atomic E-state index is -0.0140. The van der Waals surface area contributed by atoms with E-state index in [1.54, 1.807) is 0 Å². The fourth-order valence-electron chi connectivity index (χ4n) is 3.19. The Balaban J connectivity index is 1.98. The molecule has 2 aromatic carbocycles. The fourth-order valence-corrected chi connectivity index (χ4v) is 3.19. The normalized spacial score (nSPS) is 22.0. The van der Waals surface area contributed by atoms with E-state index in [4.69, 9.17) is 4.74 Å². The molecule has 1 N–H and O–H groups in total. The number of ether oxygens (including phenoxy) is 1. The number of nitrogens with one attached hydrogen (secondary N) is 1. The third-order valence-electron chi connectivity index (χ3n) is 4.63. The van der Waals surface area contributed by atoms with Gasteiger partial charge in [0.2, 0.25) is 0 Å². The highest BCUT2D eigenvalue weighted by atomic mass is 16.5. The predicted octanol–water partition coefficient (Wildman–Crippen LogP) is 4.06. The maximum absolute atomic E-state index is 6.50. The van der Waals surface area contributed by atoms with Crippen LogP contribution in [-0.4, -0.2) is 18.7 Å². The van der Waals surface area contributed by atoms with E-state index >= 15 is 0 Å². The molecule has 0 radical (unpaired) electrons. The van der Waals surface area contributed by atoms with Gasteiger partial charge in [0.1, 0.15) is 0 Å². The monoisotopic (exact) mass is 269 g/mol. The van der Waals surface area contributed by atoms with Crippen LogP contribution in [0.1, 0.15) is 38.4 Å². The van der Waals surface area contributed by atoms with Crippen molar-refractivity contribution in [3.63, 3.8) is 0 Å². The van der Waals surface area contributed by atoms with Gasteiger partial charge in [-0.2, -0.15) is 0 Å². The van der Waals surface area contributed by atoms with Crippen molar-refractivity contribution in [3.05, 3.63) is 48.0 Å². The Labute approximate surface area is 121 Å². The van der Waals surface area contributed by atoms with Crippen molar-refractivity contribution in [2.75, 3.05) is 13.1 Å². The Morgan fingerprint density at radius 3 is 2.65 bits per heavy atom. The van der Waals surface area contributed by atoms with E-state index in [1.165, 1.54) is 16.3 Å². The summed E-state index contributed by atoms with van der Waals surface area (Å²) in [7, 11) is 0. The zero-order chi connectivity index (χ0) is 14.0. The van der Waals surface area contributed by atoms with Crippen LogP contribution in [0.15, 0.2) is 42.5 Å². The molecule has 3 rings (SSSR count). The topological polar surface area (TPSA) is 21.3 Å². The second kappa shape index (κ2) is 5.55. The third-order valence-corrected chi connectivity index (χ3v) is 4.63. The lowest BCUT2D eigenvalue weighted by atomic mass is 9.92. The van der Waals surface area contributed by atoms with E-state index in [0.29, 0.717) is 0 Å². The molecule has 0 amide bonds. The molecule has 1 unspecified atom stereocenters. The van der Waals surface area contributed by atoms with Crippen LogP contribution in [0.5, 0.6) is 0 Å². The van der Waals surface area contributed by atoms with Crippen molar-refractivity contribution < 1.29 is 4.74 Å². The zero-order valence-corrected chi connectivity index (χ0v) is 12.4. The maximum Gasteiger partial charge on any atom is 0.0963 e. The summed E-state index contributed by atoms with van der Waals surface area (Å²) < 4.78 is 6.50. The molecular weight excluding hydrogens is 246 g/mol. The van der Waals surface area contributed by atoms with Gasteiger partial charge < -0.3 is 10.1 Å². The second-order valence-electron chi connectivity index (χ2n) is 5.70. The minimum Gasteiger partial charge on any atom is -0.364 e. The first-order valence-electron chi connectivity index (χ1n) is 7.64. The van der Waals surface area contributed by atoms with E-state index in [1.807, 2.05) is 0 Å². The Bertz CT molecular complexity index is 583. The van der Waals surface area contributed by atoms with Gasteiger partial charge >= 0.3 is 0 Å². The average Bonchev–Trinajstić information content (AvgIpc) is 2.54. The summed E-state index contributed by atoms with van der Waals surface area (Å²) in [5.41, 5.74) is 1.29. The van der Waals surface area contributed by atoms with Crippen LogP contribution in [0, 0.1) is 0 Å². The van der Waals surface area contributed by atoms with Gasteiger partial charge in [0.15, 0.2) is 0 Å². The number of morpholine rings is 1. The van der Waals surface area contributed by atoms with Crippen LogP contribution in [-0.2, 0) is 4.74 Å². The molecule has 1 saturated heterocycles. The molecule has 1 aliphatic rings. The average molecular weight is 269 g/mol. The highest BCUT2D eigenvalue weighted by Gasteiger charge is 2.35. The molecule has 0 saturated carbocycles. The largest absolute Gasteiger partial charge is 0.364 e. The van der Waals surface area contributed by atoms with E-state index in [0.717, 1.165) is 25.9 Å². The first kappa shape index (κ1) is 13.6. The summed E-state index contributed by atoms with van der Waals surface area (Å²) in [6.07, 6.45) is 2.25. The lowest BCUT2D eigenvalue weighted by molar-refractivity contribution is -0.122. The molecule has 0 bridgehead atoms. The molecule has 1 fully saturated rings. The highest BCUT2D eigenvalue weighted by molar-refractivity contribution is 5.86. The van der Waals surface area contributed by atoms with Crippen molar-refractivity contribution in [3.8, 4) is 0 Å². The number of rotatable bonds is 3. The molecule has 2 aromatic rings. The molecule has 20 heavy (non-hydrogen) atoms. The van der Waals surface area contributed by atoms with Gasteiger partial charge in [0.25, 0.3) is 0 Å². The third kappa shape index (κ3) is 2.34. The molecular formula is C18H23NO. The van der Waals surface area contributed by atoms with E-state index < -0.39 is 0 Å². The number of hydrogen-bond acceptors (Lipinski definition) is 2. The second-order valence-corrected chi connectivity index (χ2v) is 5.70. The molecule has 1 atom stereocenters. The van der Waals surface area contributed by atoms with Crippen LogP contribution in [0.2, 0.25) is 0 Å². The van der Waals surface area contributed by atoms with Crippen molar-refractivity contribution in [1.82, 2.24) is 5.32 Å². The Morgan fingerprint density at radius 2 is 1.85 bits per heavy atom. The Hall–Kier alpha value is -1.38. The summed E-state index contributed by atoms with van der Waals surface area (Å²) in [5.74, 6) is 0. The summed E-state index contributed by atoms with van der Waals surface area (Å²) in [6.45, 7) is 6.30. The zero-order valence-electron chi connectivity index (χ0n) is 12.4. The van der Waals surface area contributed by atoms with Gasteiger partial charge in [-0.15, -0.1) is 0 Å². The van der Waals surface area contributed by atoms with Gasteiger partial charge in [0, 0.05) is 13.1 Å². The van der Waals surface area contributed by atoms with Crippen LogP contribution in [0.3, 0.4) is 0 Å². The smallest absolute Gasteiger partial charge is 0.0963 e. The fraction of sp³-hybridized carbons (Fsp3) is 0.444. The van der Waals surface area contributed by atoms with Crippen molar-refractivity contribution in [1.29, 1.82) is 0 Å². The molecule has 0 aromatic heterocycles. The molecule has 1 aliphatic heterocycles. The number of hydrogen-bond donors (Lipinski definition) is 1. The van der Waals surface area contributed by atoms with Gasteiger partial charge in [-0.1, -0.05) is 56.3 Å². The van der Waals surface area contributed by atoms with Crippen molar-refractivity contribution >= 4 is 10.8 Å². The number of benzene rings is 2. The molecule has 0 spiro atoms. The summed E-state index contributed by atoms with van der Waals surface area (Å²) in [5, 5.41) is 6.17. The van der Waals surface area contributed by atoms with Gasteiger partial charge in [-0.05, 0) is 29.2 Å². The molecule has 106 valence electrons. The van der Waals surface area contributed by atoms with Crippen molar-refractivity contribution in [2.24, 2.45) is 0 Å². The molecule has 0 aliphatic carbocycles. The Morgan fingerprint density at radius 1 is 1.10 bits per heavy atom. The predicted molar refractivity (Wildman–Crippen MR) is 84.0 cm³/mol. The SMILES string of the molecule is CCC1(CC)CNCC(c2cccc3ccccc23)O1. The molecule has 2 nitrogen and oxygen atoms in total. The van der Waals surface area contributed by atoms with Gasteiger partial charge in [-0.25, -0.2) is 0 Å². The van der Waals surface area contributed by atoms with Gasteiger partial charge in [-0.3, -0.25) is 0 Å². The maximum atomic E-state index is 6.50.